The number of hydrogen-bond donors (Lipinski definition) is 1. The molecule has 0 fully saturated rings. The molecule has 1 aromatic heterocycles. The van der Waals surface area contributed by atoms with Gasteiger partial charge in [0.15, 0.2) is 11.5 Å². The summed E-state index contributed by atoms with van der Waals surface area (Å²) in [7, 11) is 3.13. The third-order valence-electron chi connectivity index (χ3n) is 4.10. The van der Waals surface area contributed by atoms with Gasteiger partial charge in [0.2, 0.25) is 5.91 Å². The molecule has 0 bridgehead atoms. The van der Waals surface area contributed by atoms with E-state index in [1.54, 1.807) is 50.6 Å². The predicted octanol–water partition coefficient (Wildman–Crippen LogP) is 4.08. The van der Waals surface area contributed by atoms with Gasteiger partial charge in [-0.1, -0.05) is 12.1 Å². The van der Waals surface area contributed by atoms with E-state index < -0.39 is 0 Å². The second-order valence-electron chi connectivity index (χ2n) is 6.48. The van der Waals surface area contributed by atoms with Crippen LogP contribution in [0, 0.1) is 13.8 Å². The molecule has 150 valence electrons. The number of anilines is 1. The first-order chi connectivity index (χ1) is 14.0. The van der Waals surface area contributed by atoms with Crippen molar-refractivity contribution in [1.29, 1.82) is 0 Å². The van der Waals surface area contributed by atoms with Crippen molar-refractivity contribution in [1.82, 2.24) is 9.97 Å². The van der Waals surface area contributed by atoms with E-state index in [-0.39, 0.29) is 18.3 Å². The van der Waals surface area contributed by atoms with Crippen LogP contribution in [0.1, 0.15) is 17.0 Å². The minimum atomic E-state index is -0.156. The van der Waals surface area contributed by atoms with E-state index in [0.717, 1.165) is 17.0 Å². The number of amides is 1. The third-order valence-corrected chi connectivity index (χ3v) is 4.10. The van der Waals surface area contributed by atoms with E-state index in [0.29, 0.717) is 22.9 Å². The lowest BCUT2D eigenvalue weighted by Gasteiger charge is -2.11. The summed E-state index contributed by atoms with van der Waals surface area (Å²) < 4.78 is 16.2. The summed E-state index contributed by atoms with van der Waals surface area (Å²) in [6.45, 7) is 3.76. The van der Waals surface area contributed by atoms with Gasteiger partial charge in [0.25, 0.3) is 0 Å². The molecule has 0 atom stereocenters. The van der Waals surface area contributed by atoms with Gasteiger partial charge in [-0.05, 0) is 49.7 Å². The molecule has 3 rings (SSSR count). The fraction of sp³-hybridized carbons (Fsp3) is 0.227. The van der Waals surface area contributed by atoms with Crippen LogP contribution in [0.5, 0.6) is 23.3 Å². The number of carbonyl (C=O) groups excluding carboxylic acids is 1. The van der Waals surface area contributed by atoms with E-state index in [2.05, 4.69) is 15.3 Å². The molecule has 0 radical (unpaired) electrons. The molecule has 0 aliphatic carbocycles. The highest BCUT2D eigenvalue weighted by molar-refractivity contribution is 5.92. The third kappa shape index (κ3) is 5.44. The van der Waals surface area contributed by atoms with E-state index in [4.69, 9.17) is 14.2 Å². The molecule has 1 heterocycles. The zero-order chi connectivity index (χ0) is 20.8. The van der Waals surface area contributed by atoms with Crippen molar-refractivity contribution >= 4 is 11.6 Å². The van der Waals surface area contributed by atoms with Crippen molar-refractivity contribution < 1.29 is 19.0 Å². The normalized spacial score (nSPS) is 10.3. The highest BCUT2D eigenvalue weighted by atomic mass is 16.5. The number of methoxy groups -OCH3 is 2. The van der Waals surface area contributed by atoms with Gasteiger partial charge in [0.05, 0.1) is 20.6 Å². The smallest absolute Gasteiger partial charge is 0.322 e. The van der Waals surface area contributed by atoms with Crippen LogP contribution >= 0.6 is 0 Å². The lowest BCUT2D eigenvalue weighted by molar-refractivity contribution is -0.115. The summed E-state index contributed by atoms with van der Waals surface area (Å²) in [5.41, 5.74) is 3.09. The molecule has 0 saturated heterocycles. The molecule has 7 nitrogen and oxygen atoms in total. The average Bonchev–Trinajstić information content (AvgIpc) is 2.67. The maximum absolute atomic E-state index is 12.4. The molecule has 7 heteroatoms. The lowest BCUT2D eigenvalue weighted by atomic mass is 10.1. The van der Waals surface area contributed by atoms with Gasteiger partial charge in [-0.15, -0.1) is 0 Å². The second kappa shape index (κ2) is 9.05. The van der Waals surface area contributed by atoms with E-state index in [1.807, 2.05) is 26.0 Å². The zero-order valence-electron chi connectivity index (χ0n) is 16.9. The van der Waals surface area contributed by atoms with Gasteiger partial charge in [0.1, 0.15) is 5.75 Å². The van der Waals surface area contributed by atoms with Gasteiger partial charge in [0, 0.05) is 23.1 Å². The van der Waals surface area contributed by atoms with Crippen molar-refractivity contribution in [2.45, 2.75) is 20.3 Å². The molecule has 3 aromatic rings. The van der Waals surface area contributed by atoms with Crippen molar-refractivity contribution in [3.05, 3.63) is 65.5 Å². The average molecular weight is 393 g/mol. The van der Waals surface area contributed by atoms with Crippen LogP contribution in [0.3, 0.4) is 0 Å². The van der Waals surface area contributed by atoms with E-state index >= 15 is 0 Å². The number of aryl methyl sites for hydroxylation is 2. The van der Waals surface area contributed by atoms with Crippen LogP contribution in [0.25, 0.3) is 0 Å². The maximum atomic E-state index is 12.4. The van der Waals surface area contributed by atoms with Crippen LogP contribution in [0.15, 0.2) is 48.5 Å². The molecule has 0 unspecified atom stereocenters. The first-order valence-electron chi connectivity index (χ1n) is 9.08. The number of carbonyl (C=O) groups is 1. The molecular formula is C22H23N3O4. The number of benzene rings is 2. The van der Waals surface area contributed by atoms with E-state index in [9.17, 15) is 4.79 Å². The standard InChI is InChI=1S/C22H23N3O4/c1-14-10-15(2)24-22(23-14)29-18-7-5-6-17(13-18)25-21(26)12-16-8-9-19(27-3)20(11-16)28-4/h5-11,13H,12H2,1-4H3,(H,25,26). The quantitative estimate of drug-likeness (QED) is 0.651. The molecule has 0 aliphatic heterocycles. The largest absolute Gasteiger partial charge is 0.493 e. The number of nitrogens with one attached hydrogen (secondary N) is 1. The Balaban J connectivity index is 1.67. The van der Waals surface area contributed by atoms with Gasteiger partial charge < -0.3 is 19.5 Å². The van der Waals surface area contributed by atoms with Crippen molar-refractivity contribution in [2.24, 2.45) is 0 Å². The number of rotatable bonds is 7. The Hall–Kier alpha value is -3.61. The molecule has 0 spiro atoms. The minimum Gasteiger partial charge on any atom is -0.493 e. The second-order valence-corrected chi connectivity index (χ2v) is 6.48. The monoisotopic (exact) mass is 393 g/mol. The van der Waals surface area contributed by atoms with Crippen LogP contribution in [-0.2, 0) is 11.2 Å². The first-order valence-corrected chi connectivity index (χ1v) is 9.08. The molecule has 2 aromatic carbocycles. The number of aromatic nitrogens is 2. The molecule has 0 saturated carbocycles. The predicted molar refractivity (Wildman–Crippen MR) is 110 cm³/mol. The summed E-state index contributed by atoms with van der Waals surface area (Å²) in [6.07, 6.45) is 0.200. The van der Waals surface area contributed by atoms with Gasteiger partial charge >= 0.3 is 6.01 Å². The zero-order valence-corrected chi connectivity index (χ0v) is 16.9. The summed E-state index contributed by atoms with van der Waals surface area (Å²) in [5.74, 6) is 1.59. The van der Waals surface area contributed by atoms with Crippen LogP contribution in [0.4, 0.5) is 5.69 Å². The highest BCUT2D eigenvalue weighted by Crippen LogP contribution is 2.28. The van der Waals surface area contributed by atoms with Crippen LogP contribution < -0.4 is 19.5 Å². The van der Waals surface area contributed by atoms with Crippen LogP contribution in [-0.4, -0.2) is 30.1 Å². The Labute approximate surface area is 169 Å². The SMILES string of the molecule is COc1ccc(CC(=O)Nc2cccc(Oc3nc(C)cc(C)n3)c2)cc1OC. The molecule has 1 N–H and O–H groups in total. The summed E-state index contributed by atoms with van der Waals surface area (Å²) >= 11 is 0. The summed E-state index contributed by atoms with van der Waals surface area (Å²) in [6, 6.07) is 14.6. The molecule has 1 amide bonds. The molecular weight excluding hydrogens is 370 g/mol. The van der Waals surface area contributed by atoms with Crippen LogP contribution in [0.2, 0.25) is 0 Å². The Bertz CT molecular complexity index is 1000. The van der Waals surface area contributed by atoms with Crippen molar-refractivity contribution in [3.8, 4) is 23.3 Å². The fourth-order valence-electron chi connectivity index (χ4n) is 2.86. The Morgan fingerprint density at radius 3 is 2.34 bits per heavy atom. The first kappa shape index (κ1) is 20.1. The number of nitrogens with zero attached hydrogens (tertiary/aromatic N) is 2. The number of hydrogen-bond acceptors (Lipinski definition) is 6. The van der Waals surface area contributed by atoms with Crippen molar-refractivity contribution in [3.63, 3.8) is 0 Å². The maximum Gasteiger partial charge on any atom is 0.322 e. The molecule has 0 aliphatic rings. The van der Waals surface area contributed by atoms with Gasteiger partial charge in [-0.25, -0.2) is 9.97 Å². The summed E-state index contributed by atoms with van der Waals surface area (Å²) in [5, 5.41) is 2.87. The minimum absolute atomic E-state index is 0.156. The highest BCUT2D eigenvalue weighted by Gasteiger charge is 2.10. The lowest BCUT2D eigenvalue weighted by Crippen LogP contribution is -2.14. The topological polar surface area (TPSA) is 82.6 Å². The van der Waals surface area contributed by atoms with Crippen molar-refractivity contribution in [2.75, 3.05) is 19.5 Å². The molecule has 29 heavy (non-hydrogen) atoms. The Kier molecular flexibility index (Phi) is 6.29. The summed E-state index contributed by atoms with van der Waals surface area (Å²) in [4.78, 5) is 21.0. The number of ether oxygens (including phenoxy) is 3. The Morgan fingerprint density at radius 1 is 0.931 bits per heavy atom. The van der Waals surface area contributed by atoms with E-state index in [1.165, 1.54) is 0 Å². The Morgan fingerprint density at radius 2 is 1.66 bits per heavy atom. The van der Waals surface area contributed by atoms with Gasteiger partial charge in [-0.3, -0.25) is 4.79 Å². The fourth-order valence-corrected chi connectivity index (χ4v) is 2.86. The van der Waals surface area contributed by atoms with Gasteiger partial charge in [-0.2, -0.15) is 0 Å².